The standard InChI is InChI=1S/C15H28N2O/c1-6-16-7-2-12(1)15-11-13(15)5-10-18-14-3-8-17-9-4-14/h12-17H,1-11H2/t13-,15-/m1/s1. The molecule has 3 fully saturated rings. The van der Waals surface area contributed by atoms with Gasteiger partial charge in [0.15, 0.2) is 0 Å². The first kappa shape index (κ1) is 12.9. The molecule has 0 radical (unpaired) electrons. The molecule has 2 saturated heterocycles. The Bertz CT molecular complexity index is 247. The molecule has 0 amide bonds. The normalized spacial score (nSPS) is 34.7. The lowest BCUT2D eigenvalue weighted by Gasteiger charge is -2.24. The predicted octanol–water partition coefficient (Wildman–Crippen LogP) is 1.78. The van der Waals surface area contributed by atoms with Crippen LogP contribution in [0.15, 0.2) is 0 Å². The average molecular weight is 252 g/mol. The summed E-state index contributed by atoms with van der Waals surface area (Å²) in [6.07, 6.45) is 8.60. The maximum atomic E-state index is 6.02. The van der Waals surface area contributed by atoms with Gasteiger partial charge in [0.25, 0.3) is 0 Å². The fourth-order valence-corrected chi connectivity index (χ4v) is 3.80. The second kappa shape index (κ2) is 6.36. The maximum Gasteiger partial charge on any atom is 0.0599 e. The van der Waals surface area contributed by atoms with E-state index in [1.807, 2.05) is 0 Å². The summed E-state index contributed by atoms with van der Waals surface area (Å²) in [7, 11) is 0. The van der Waals surface area contributed by atoms with Gasteiger partial charge in [0, 0.05) is 6.61 Å². The predicted molar refractivity (Wildman–Crippen MR) is 73.7 cm³/mol. The van der Waals surface area contributed by atoms with Crippen LogP contribution in [0.1, 0.15) is 38.5 Å². The van der Waals surface area contributed by atoms with Crippen LogP contribution in [-0.2, 0) is 4.74 Å². The molecule has 3 heteroatoms. The van der Waals surface area contributed by atoms with Crippen LogP contribution in [0.25, 0.3) is 0 Å². The van der Waals surface area contributed by atoms with Crippen molar-refractivity contribution in [2.24, 2.45) is 17.8 Å². The van der Waals surface area contributed by atoms with Crippen molar-refractivity contribution in [3.05, 3.63) is 0 Å². The fraction of sp³-hybridized carbons (Fsp3) is 1.00. The lowest BCUT2D eigenvalue weighted by molar-refractivity contribution is 0.0286. The Morgan fingerprint density at radius 3 is 2.28 bits per heavy atom. The molecule has 0 unspecified atom stereocenters. The average Bonchev–Trinajstić information content (AvgIpc) is 3.21. The molecule has 18 heavy (non-hydrogen) atoms. The van der Waals surface area contributed by atoms with E-state index in [1.165, 1.54) is 51.6 Å². The summed E-state index contributed by atoms with van der Waals surface area (Å²) >= 11 is 0. The lowest BCUT2D eigenvalue weighted by Crippen LogP contribution is -2.32. The minimum atomic E-state index is 0.544. The first-order chi connectivity index (χ1) is 8.93. The van der Waals surface area contributed by atoms with Gasteiger partial charge in [0.1, 0.15) is 0 Å². The summed E-state index contributed by atoms with van der Waals surface area (Å²) in [5.41, 5.74) is 0. The van der Waals surface area contributed by atoms with Crippen molar-refractivity contribution in [3.8, 4) is 0 Å². The molecule has 3 aliphatic rings. The summed E-state index contributed by atoms with van der Waals surface area (Å²) in [6, 6.07) is 0. The van der Waals surface area contributed by atoms with Gasteiger partial charge in [0.2, 0.25) is 0 Å². The van der Waals surface area contributed by atoms with Crippen molar-refractivity contribution in [3.63, 3.8) is 0 Å². The van der Waals surface area contributed by atoms with Crippen LogP contribution in [0.5, 0.6) is 0 Å². The molecule has 0 bridgehead atoms. The van der Waals surface area contributed by atoms with E-state index >= 15 is 0 Å². The van der Waals surface area contributed by atoms with E-state index in [-0.39, 0.29) is 0 Å². The zero-order valence-electron chi connectivity index (χ0n) is 11.5. The molecule has 0 spiro atoms. The van der Waals surface area contributed by atoms with Gasteiger partial charge in [-0.05, 0) is 82.5 Å². The lowest BCUT2D eigenvalue weighted by atomic mass is 9.91. The van der Waals surface area contributed by atoms with Crippen LogP contribution in [-0.4, -0.2) is 38.9 Å². The summed E-state index contributed by atoms with van der Waals surface area (Å²) in [4.78, 5) is 0. The van der Waals surface area contributed by atoms with Gasteiger partial charge in [0.05, 0.1) is 6.10 Å². The minimum Gasteiger partial charge on any atom is -0.378 e. The molecule has 2 aliphatic heterocycles. The molecule has 104 valence electrons. The van der Waals surface area contributed by atoms with Gasteiger partial charge in [-0.1, -0.05) is 0 Å². The van der Waals surface area contributed by atoms with Gasteiger partial charge in [-0.2, -0.15) is 0 Å². The van der Waals surface area contributed by atoms with Crippen LogP contribution in [0.4, 0.5) is 0 Å². The minimum absolute atomic E-state index is 0.544. The third kappa shape index (κ3) is 3.46. The summed E-state index contributed by atoms with van der Waals surface area (Å²) < 4.78 is 6.02. The van der Waals surface area contributed by atoms with E-state index in [4.69, 9.17) is 4.74 Å². The summed E-state index contributed by atoms with van der Waals surface area (Å²) in [5.74, 6) is 3.06. The number of ether oxygens (including phenoxy) is 1. The van der Waals surface area contributed by atoms with Gasteiger partial charge in [-0.25, -0.2) is 0 Å². The first-order valence-corrected chi connectivity index (χ1v) is 7.96. The van der Waals surface area contributed by atoms with Crippen molar-refractivity contribution < 1.29 is 4.74 Å². The van der Waals surface area contributed by atoms with Gasteiger partial charge in [-0.3, -0.25) is 0 Å². The van der Waals surface area contributed by atoms with E-state index in [1.54, 1.807) is 0 Å². The molecule has 3 rings (SSSR count). The highest BCUT2D eigenvalue weighted by atomic mass is 16.5. The second-order valence-corrected chi connectivity index (χ2v) is 6.36. The van der Waals surface area contributed by atoms with Gasteiger partial charge >= 0.3 is 0 Å². The Kier molecular flexibility index (Phi) is 4.55. The number of piperidine rings is 2. The Morgan fingerprint density at radius 1 is 0.889 bits per heavy atom. The highest BCUT2D eigenvalue weighted by molar-refractivity contribution is 4.92. The number of nitrogens with one attached hydrogen (secondary N) is 2. The van der Waals surface area contributed by atoms with Crippen molar-refractivity contribution in [1.82, 2.24) is 10.6 Å². The van der Waals surface area contributed by atoms with Crippen LogP contribution in [0.3, 0.4) is 0 Å². The Hall–Kier alpha value is -0.120. The molecule has 2 heterocycles. The van der Waals surface area contributed by atoms with E-state index in [0.717, 1.165) is 37.5 Å². The third-order valence-electron chi connectivity index (χ3n) is 5.09. The zero-order chi connectivity index (χ0) is 12.2. The summed E-state index contributed by atoms with van der Waals surface area (Å²) in [5, 5.41) is 6.86. The molecule has 1 aliphatic carbocycles. The largest absolute Gasteiger partial charge is 0.378 e. The molecule has 0 aromatic carbocycles. The molecular formula is C15H28N2O. The Balaban J connectivity index is 1.28. The van der Waals surface area contributed by atoms with E-state index in [0.29, 0.717) is 6.10 Å². The molecule has 0 aromatic heterocycles. The first-order valence-electron chi connectivity index (χ1n) is 7.96. The highest BCUT2D eigenvalue weighted by Gasteiger charge is 2.42. The fourth-order valence-electron chi connectivity index (χ4n) is 3.80. The summed E-state index contributed by atoms with van der Waals surface area (Å²) in [6.45, 7) is 5.80. The van der Waals surface area contributed by atoms with Gasteiger partial charge < -0.3 is 15.4 Å². The van der Waals surface area contributed by atoms with Crippen molar-refractivity contribution >= 4 is 0 Å². The van der Waals surface area contributed by atoms with E-state index in [2.05, 4.69) is 10.6 Å². The molecule has 0 aromatic rings. The van der Waals surface area contributed by atoms with E-state index < -0.39 is 0 Å². The Morgan fingerprint density at radius 2 is 1.56 bits per heavy atom. The van der Waals surface area contributed by atoms with Gasteiger partial charge in [-0.15, -0.1) is 0 Å². The molecule has 2 atom stereocenters. The maximum absolute atomic E-state index is 6.02. The number of hydrogen-bond acceptors (Lipinski definition) is 3. The Labute approximate surface area is 111 Å². The van der Waals surface area contributed by atoms with Crippen molar-refractivity contribution in [2.45, 2.75) is 44.6 Å². The quantitative estimate of drug-likeness (QED) is 0.782. The molecule has 3 nitrogen and oxygen atoms in total. The van der Waals surface area contributed by atoms with Crippen molar-refractivity contribution in [2.75, 3.05) is 32.8 Å². The monoisotopic (exact) mass is 252 g/mol. The topological polar surface area (TPSA) is 33.3 Å². The molecule has 2 N–H and O–H groups in total. The van der Waals surface area contributed by atoms with E-state index in [9.17, 15) is 0 Å². The van der Waals surface area contributed by atoms with Crippen LogP contribution >= 0.6 is 0 Å². The third-order valence-corrected chi connectivity index (χ3v) is 5.09. The number of hydrogen-bond donors (Lipinski definition) is 2. The number of rotatable bonds is 5. The zero-order valence-corrected chi connectivity index (χ0v) is 11.5. The van der Waals surface area contributed by atoms with Crippen LogP contribution in [0.2, 0.25) is 0 Å². The van der Waals surface area contributed by atoms with Crippen molar-refractivity contribution in [1.29, 1.82) is 0 Å². The molecular weight excluding hydrogens is 224 g/mol. The molecule has 1 saturated carbocycles. The SMILES string of the molecule is C1CC(OCC[C@@H]2C[C@@H]2C2CCNCC2)CCN1. The second-order valence-electron chi connectivity index (χ2n) is 6.36. The van der Waals surface area contributed by atoms with Crippen LogP contribution < -0.4 is 10.6 Å². The smallest absolute Gasteiger partial charge is 0.0599 e. The van der Waals surface area contributed by atoms with Crippen LogP contribution in [0, 0.1) is 17.8 Å². The highest BCUT2D eigenvalue weighted by Crippen LogP contribution is 2.49.